The van der Waals surface area contributed by atoms with Gasteiger partial charge in [0.2, 0.25) is 0 Å². The van der Waals surface area contributed by atoms with Crippen LogP contribution < -0.4 is 10.2 Å². The summed E-state index contributed by atoms with van der Waals surface area (Å²) in [4.78, 5) is 11.5. The summed E-state index contributed by atoms with van der Waals surface area (Å²) >= 11 is 0. The van der Waals surface area contributed by atoms with Crippen molar-refractivity contribution in [1.29, 1.82) is 0 Å². The highest BCUT2D eigenvalue weighted by atomic mass is 15.2. The molecule has 1 N–H and O–H groups in total. The number of nitrogens with zero attached hydrogens (tertiary/aromatic N) is 3. The molecule has 1 fully saturated rings. The highest BCUT2D eigenvalue weighted by Crippen LogP contribution is 2.30. The molecule has 0 unspecified atom stereocenters. The van der Waals surface area contributed by atoms with Gasteiger partial charge in [0.15, 0.2) is 0 Å². The average Bonchev–Trinajstić information content (AvgIpc) is 3.21. The van der Waals surface area contributed by atoms with Crippen molar-refractivity contribution in [2.45, 2.75) is 52.1 Å². The largest absolute Gasteiger partial charge is 0.352 e. The van der Waals surface area contributed by atoms with E-state index in [1.54, 1.807) is 0 Å². The van der Waals surface area contributed by atoms with Gasteiger partial charge in [0.25, 0.3) is 0 Å². The Bertz CT molecular complexity index is 363. The van der Waals surface area contributed by atoms with Crippen molar-refractivity contribution in [2.24, 2.45) is 0 Å². The summed E-state index contributed by atoms with van der Waals surface area (Å²) in [6.45, 7) is 7.33. The van der Waals surface area contributed by atoms with Crippen molar-refractivity contribution in [1.82, 2.24) is 15.3 Å². The van der Waals surface area contributed by atoms with Gasteiger partial charge in [-0.1, -0.05) is 13.8 Å². The molecule has 0 spiro atoms. The molecule has 4 nitrogen and oxygen atoms in total. The van der Waals surface area contributed by atoms with Gasteiger partial charge in [0.05, 0.1) is 11.9 Å². The smallest absolute Gasteiger partial charge is 0.147 e. The first-order valence-electron chi connectivity index (χ1n) is 7.13. The van der Waals surface area contributed by atoms with Crippen LogP contribution in [0, 0.1) is 0 Å². The van der Waals surface area contributed by atoms with Gasteiger partial charge >= 0.3 is 0 Å². The predicted octanol–water partition coefficient (Wildman–Crippen LogP) is 2.36. The van der Waals surface area contributed by atoms with E-state index in [1.807, 2.05) is 12.4 Å². The van der Waals surface area contributed by atoms with Crippen LogP contribution in [0.5, 0.6) is 0 Å². The van der Waals surface area contributed by atoms with Gasteiger partial charge in [-0.2, -0.15) is 0 Å². The number of rotatable bonds is 8. The molecule has 1 aliphatic rings. The second kappa shape index (κ2) is 6.69. The molecule has 0 atom stereocenters. The maximum atomic E-state index is 4.73. The standard InChI is InChI=1S/C14H24N4/c1-3-7-15-9-12-10-16-11-14(17-12)18(8-4-2)13-5-6-13/h10-11,13,15H,3-9H2,1-2H3. The second-order valence-electron chi connectivity index (χ2n) is 4.97. The molecule has 0 aliphatic heterocycles. The van der Waals surface area contributed by atoms with E-state index >= 15 is 0 Å². The van der Waals surface area contributed by atoms with E-state index < -0.39 is 0 Å². The van der Waals surface area contributed by atoms with Crippen molar-refractivity contribution < 1.29 is 0 Å². The molecule has 1 aromatic rings. The molecule has 0 radical (unpaired) electrons. The van der Waals surface area contributed by atoms with E-state index in [1.165, 1.54) is 12.8 Å². The van der Waals surface area contributed by atoms with Gasteiger partial charge in [-0.15, -0.1) is 0 Å². The van der Waals surface area contributed by atoms with E-state index in [4.69, 9.17) is 4.98 Å². The molecule has 1 aliphatic carbocycles. The van der Waals surface area contributed by atoms with Crippen molar-refractivity contribution in [3.8, 4) is 0 Å². The van der Waals surface area contributed by atoms with Crippen LogP contribution in [0.15, 0.2) is 12.4 Å². The monoisotopic (exact) mass is 248 g/mol. The summed E-state index contributed by atoms with van der Waals surface area (Å²) in [5.41, 5.74) is 1.04. The number of anilines is 1. The molecule has 100 valence electrons. The van der Waals surface area contributed by atoms with E-state index in [-0.39, 0.29) is 0 Å². The van der Waals surface area contributed by atoms with Gasteiger partial charge in [0.1, 0.15) is 5.82 Å². The second-order valence-corrected chi connectivity index (χ2v) is 4.97. The number of aromatic nitrogens is 2. The fourth-order valence-electron chi connectivity index (χ4n) is 2.12. The summed E-state index contributed by atoms with van der Waals surface area (Å²) in [7, 11) is 0. The number of nitrogens with one attached hydrogen (secondary N) is 1. The number of hydrogen-bond acceptors (Lipinski definition) is 4. The first-order chi connectivity index (χ1) is 8.85. The van der Waals surface area contributed by atoms with E-state index in [0.29, 0.717) is 6.04 Å². The van der Waals surface area contributed by atoms with E-state index in [0.717, 1.165) is 44.0 Å². The third-order valence-electron chi connectivity index (χ3n) is 3.15. The van der Waals surface area contributed by atoms with Gasteiger partial charge in [-0.25, -0.2) is 4.98 Å². The van der Waals surface area contributed by atoms with Gasteiger partial charge in [0, 0.05) is 25.3 Å². The maximum absolute atomic E-state index is 4.73. The van der Waals surface area contributed by atoms with E-state index in [2.05, 4.69) is 29.0 Å². The van der Waals surface area contributed by atoms with E-state index in [9.17, 15) is 0 Å². The fourth-order valence-corrected chi connectivity index (χ4v) is 2.12. The van der Waals surface area contributed by atoms with Crippen molar-refractivity contribution in [2.75, 3.05) is 18.0 Å². The minimum absolute atomic E-state index is 0.707. The Kier molecular flexibility index (Phi) is 4.93. The molecular weight excluding hydrogens is 224 g/mol. The van der Waals surface area contributed by atoms with Crippen molar-refractivity contribution in [3.05, 3.63) is 18.1 Å². The average molecular weight is 248 g/mol. The molecule has 4 heteroatoms. The Balaban J connectivity index is 2.00. The molecule has 2 rings (SSSR count). The maximum Gasteiger partial charge on any atom is 0.147 e. The molecule has 1 heterocycles. The molecule has 18 heavy (non-hydrogen) atoms. The van der Waals surface area contributed by atoms with Gasteiger partial charge in [-0.3, -0.25) is 4.98 Å². The zero-order valence-electron chi connectivity index (χ0n) is 11.5. The molecule has 1 aromatic heterocycles. The zero-order chi connectivity index (χ0) is 12.8. The Morgan fingerprint density at radius 2 is 2.11 bits per heavy atom. The Labute approximate surface area is 110 Å². The van der Waals surface area contributed by atoms with Gasteiger partial charge < -0.3 is 10.2 Å². The quantitative estimate of drug-likeness (QED) is 0.717. The minimum atomic E-state index is 0.707. The van der Waals surface area contributed by atoms with Gasteiger partial charge in [-0.05, 0) is 32.2 Å². The minimum Gasteiger partial charge on any atom is -0.352 e. The van der Waals surface area contributed by atoms with Crippen LogP contribution in [-0.2, 0) is 6.54 Å². The van der Waals surface area contributed by atoms with Crippen LogP contribution in [0.25, 0.3) is 0 Å². The Morgan fingerprint density at radius 3 is 2.78 bits per heavy atom. The summed E-state index contributed by atoms with van der Waals surface area (Å²) in [6, 6.07) is 0.707. The fraction of sp³-hybridized carbons (Fsp3) is 0.714. The lowest BCUT2D eigenvalue weighted by atomic mass is 10.3. The van der Waals surface area contributed by atoms with Crippen molar-refractivity contribution in [3.63, 3.8) is 0 Å². The summed E-state index contributed by atoms with van der Waals surface area (Å²) in [6.07, 6.45) is 8.69. The third-order valence-corrected chi connectivity index (χ3v) is 3.15. The highest BCUT2D eigenvalue weighted by Gasteiger charge is 2.29. The van der Waals surface area contributed by atoms with Crippen LogP contribution in [0.1, 0.15) is 45.2 Å². The lowest BCUT2D eigenvalue weighted by Crippen LogP contribution is -2.28. The Hall–Kier alpha value is -1.16. The summed E-state index contributed by atoms with van der Waals surface area (Å²) < 4.78 is 0. The lowest BCUT2D eigenvalue weighted by Gasteiger charge is -2.22. The molecule has 0 bridgehead atoms. The predicted molar refractivity (Wildman–Crippen MR) is 74.7 cm³/mol. The highest BCUT2D eigenvalue weighted by molar-refractivity contribution is 5.39. The first kappa shape index (κ1) is 13.3. The molecule has 1 saturated carbocycles. The van der Waals surface area contributed by atoms with Crippen LogP contribution in [0.4, 0.5) is 5.82 Å². The van der Waals surface area contributed by atoms with Crippen LogP contribution in [0.2, 0.25) is 0 Å². The van der Waals surface area contributed by atoms with Crippen LogP contribution in [0.3, 0.4) is 0 Å². The SMILES string of the molecule is CCCNCc1cncc(N(CCC)C2CC2)n1. The topological polar surface area (TPSA) is 41.1 Å². The van der Waals surface area contributed by atoms with Crippen LogP contribution >= 0.6 is 0 Å². The molecule has 0 aromatic carbocycles. The Morgan fingerprint density at radius 1 is 1.28 bits per heavy atom. The summed E-state index contributed by atoms with van der Waals surface area (Å²) in [5, 5.41) is 3.37. The van der Waals surface area contributed by atoms with Crippen LogP contribution in [-0.4, -0.2) is 29.1 Å². The molecular formula is C14H24N4. The summed E-state index contributed by atoms with van der Waals surface area (Å²) in [5.74, 6) is 1.05. The normalized spacial score (nSPS) is 14.8. The number of hydrogen-bond donors (Lipinski definition) is 1. The third kappa shape index (κ3) is 3.67. The van der Waals surface area contributed by atoms with Crippen molar-refractivity contribution >= 4 is 5.82 Å². The molecule has 0 amide bonds. The zero-order valence-corrected chi connectivity index (χ0v) is 11.5. The first-order valence-corrected chi connectivity index (χ1v) is 7.13. The molecule has 0 saturated heterocycles. The lowest BCUT2D eigenvalue weighted by molar-refractivity contribution is 0.658.